The zero-order valence-electron chi connectivity index (χ0n) is 10.5. The van der Waals surface area contributed by atoms with E-state index in [-0.39, 0.29) is 0 Å². The molecule has 0 bridgehead atoms. The molecule has 19 heavy (non-hydrogen) atoms. The van der Waals surface area contributed by atoms with Gasteiger partial charge in [-0.3, -0.25) is 0 Å². The van der Waals surface area contributed by atoms with E-state index in [2.05, 4.69) is 36.1 Å². The van der Waals surface area contributed by atoms with E-state index in [0.717, 1.165) is 47.9 Å². The minimum atomic E-state index is 0.781. The predicted molar refractivity (Wildman–Crippen MR) is 80.3 cm³/mol. The number of hydrogen-bond donors (Lipinski definition) is 1. The molecule has 0 unspecified atom stereocenters. The van der Waals surface area contributed by atoms with Gasteiger partial charge in [0.05, 0.1) is 0 Å². The number of nitrogens with one attached hydrogen (secondary N) is 1. The van der Waals surface area contributed by atoms with E-state index in [9.17, 15) is 0 Å². The molecule has 0 saturated carbocycles. The first-order chi connectivity index (χ1) is 9.33. The topological polar surface area (TPSA) is 41.1 Å². The van der Waals surface area contributed by atoms with Gasteiger partial charge >= 0.3 is 0 Å². The zero-order valence-corrected chi connectivity index (χ0v) is 12.1. The van der Waals surface area contributed by atoms with Crippen molar-refractivity contribution in [3.8, 4) is 11.4 Å². The first-order valence-corrected chi connectivity index (χ1v) is 7.17. The Morgan fingerprint density at radius 2 is 1.79 bits per heavy atom. The average molecular weight is 319 g/mol. The van der Waals surface area contributed by atoms with Crippen molar-refractivity contribution in [1.29, 1.82) is 0 Å². The summed E-state index contributed by atoms with van der Waals surface area (Å²) in [5.74, 6) is 1.79. The van der Waals surface area contributed by atoms with Crippen molar-refractivity contribution in [2.45, 2.75) is 0 Å². The van der Waals surface area contributed by atoms with E-state index in [1.54, 1.807) is 0 Å². The van der Waals surface area contributed by atoms with Gasteiger partial charge in [-0.05, 0) is 18.2 Å². The molecule has 2 heterocycles. The summed E-state index contributed by atoms with van der Waals surface area (Å²) in [5.41, 5.74) is 1.04. The zero-order chi connectivity index (χ0) is 13.1. The Morgan fingerprint density at radius 1 is 1.05 bits per heavy atom. The van der Waals surface area contributed by atoms with Crippen LogP contribution in [0.5, 0.6) is 0 Å². The number of benzene rings is 1. The fourth-order valence-corrected chi connectivity index (χ4v) is 2.42. The van der Waals surface area contributed by atoms with Crippen LogP contribution in [-0.2, 0) is 0 Å². The number of nitrogens with zero attached hydrogens (tertiary/aromatic N) is 3. The normalized spacial score (nSPS) is 15.5. The Labute approximate surface area is 121 Å². The van der Waals surface area contributed by atoms with Gasteiger partial charge in [0, 0.05) is 42.4 Å². The van der Waals surface area contributed by atoms with E-state index < -0.39 is 0 Å². The number of rotatable bonds is 2. The molecule has 1 aromatic carbocycles. The standard InChI is InChI=1S/C14H15BrN4/c15-12-3-1-11(2-4-12)14-17-6-5-13(18-14)19-9-7-16-8-10-19/h1-6,16H,7-10H2. The minimum Gasteiger partial charge on any atom is -0.354 e. The molecule has 98 valence electrons. The van der Waals surface area contributed by atoms with Crippen molar-refractivity contribution < 1.29 is 0 Å². The van der Waals surface area contributed by atoms with Gasteiger partial charge in [0.25, 0.3) is 0 Å². The lowest BCUT2D eigenvalue weighted by molar-refractivity contribution is 0.585. The molecule has 1 aliphatic rings. The first-order valence-electron chi connectivity index (χ1n) is 6.37. The Kier molecular flexibility index (Phi) is 3.75. The number of halogens is 1. The number of anilines is 1. The summed E-state index contributed by atoms with van der Waals surface area (Å²) >= 11 is 3.44. The van der Waals surface area contributed by atoms with Gasteiger partial charge in [-0.1, -0.05) is 28.1 Å². The molecule has 1 saturated heterocycles. The third-order valence-electron chi connectivity index (χ3n) is 3.18. The highest BCUT2D eigenvalue weighted by Crippen LogP contribution is 2.20. The van der Waals surface area contributed by atoms with Crippen LogP contribution in [0.2, 0.25) is 0 Å². The summed E-state index contributed by atoms with van der Waals surface area (Å²) in [7, 11) is 0. The molecule has 3 rings (SSSR count). The highest BCUT2D eigenvalue weighted by Gasteiger charge is 2.12. The lowest BCUT2D eigenvalue weighted by atomic mass is 10.2. The first kappa shape index (κ1) is 12.6. The molecule has 0 amide bonds. The van der Waals surface area contributed by atoms with Gasteiger partial charge in [-0.15, -0.1) is 0 Å². The third-order valence-corrected chi connectivity index (χ3v) is 3.71. The van der Waals surface area contributed by atoms with Crippen LogP contribution < -0.4 is 10.2 Å². The molecular weight excluding hydrogens is 304 g/mol. The van der Waals surface area contributed by atoms with Crippen LogP contribution >= 0.6 is 15.9 Å². The maximum atomic E-state index is 4.67. The maximum absolute atomic E-state index is 4.67. The summed E-state index contributed by atoms with van der Waals surface area (Å²) in [6, 6.07) is 10.1. The van der Waals surface area contributed by atoms with E-state index in [1.807, 2.05) is 36.5 Å². The summed E-state index contributed by atoms with van der Waals surface area (Å²) in [6.45, 7) is 4.02. The third kappa shape index (κ3) is 2.93. The molecule has 1 aromatic heterocycles. The largest absolute Gasteiger partial charge is 0.354 e. The SMILES string of the molecule is Brc1ccc(-c2nccc(N3CCNCC3)n2)cc1. The molecule has 4 nitrogen and oxygen atoms in total. The molecule has 1 aliphatic heterocycles. The highest BCUT2D eigenvalue weighted by atomic mass is 79.9. The van der Waals surface area contributed by atoms with Crippen molar-refractivity contribution in [2.75, 3.05) is 31.1 Å². The second-order valence-electron chi connectivity index (χ2n) is 4.48. The number of aromatic nitrogens is 2. The van der Waals surface area contributed by atoms with Crippen LogP contribution in [0.3, 0.4) is 0 Å². The quantitative estimate of drug-likeness (QED) is 0.922. The van der Waals surface area contributed by atoms with Crippen LogP contribution in [-0.4, -0.2) is 36.1 Å². The van der Waals surface area contributed by atoms with Crippen molar-refractivity contribution in [2.24, 2.45) is 0 Å². The van der Waals surface area contributed by atoms with Crippen LogP contribution in [0.25, 0.3) is 11.4 Å². The molecule has 2 aromatic rings. The van der Waals surface area contributed by atoms with Gasteiger partial charge in [-0.25, -0.2) is 9.97 Å². The van der Waals surface area contributed by atoms with Gasteiger partial charge in [0.15, 0.2) is 5.82 Å². The molecule has 0 aliphatic carbocycles. The minimum absolute atomic E-state index is 0.781. The Bertz CT molecular complexity index is 550. The summed E-state index contributed by atoms with van der Waals surface area (Å²) in [4.78, 5) is 11.3. The molecule has 0 radical (unpaired) electrons. The van der Waals surface area contributed by atoms with Gasteiger partial charge < -0.3 is 10.2 Å². The average Bonchev–Trinajstić information content (AvgIpc) is 2.49. The van der Waals surface area contributed by atoms with Crippen LogP contribution in [0.4, 0.5) is 5.82 Å². The second kappa shape index (κ2) is 5.67. The van der Waals surface area contributed by atoms with Crippen molar-refractivity contribution in [3.05, 3.63) is 41.0 Å². The van der Waals surface area contributed by atoms with Crippen LogP contribution in [0.1, 0.15) is 0 Å². The van der Waals surface area contributed by atoms with Gasteiger partial charge in [-0.2, -0.15) is 0 Å². The van der Waals surface area contributed by atoms with E-state index in [1.165, 1.54) is 0 Å². The lowest BCUT2D eigenvalue weighted by Crippen LogP contribution is -2.43. The van der Waals surface area contributed by atoms with Crippen molar-refractivity contribution in [3.63, 3.8) is 0 Å². The molecule has 1 fully saturated rings. The molecule has 0 atom stereocenters. The molecule has 1 N–H and O–H groups in total. The number of hydrogen-bond acceptors (Lipinski definition) is 4. The summed E-state index contributed by atoms with van der Waals surface area (Å²) in [6.07, 6.45) is 1.84. The Balaban J connectivity index is 1.88. The maximum Gasteiger partial charge on any atom is 0.161 e. The molecule has 5 heteroatoms. The number of piperazine rings is 1. The van der Waals surface area contributed by atoms with E-state index in [0.29, 0.717) is 0 Å². The summed E-state index contributed by atoms with van der Waals surface area (Å²) in [5, 5.41) is 3.35. The fourth-order valence-electron chi connectivity index (χ4n) is 2.16. The van der Waals surface area contributed by atoms with Crippen molar-refractivity contribution in [1.82, 2.24) is 15.3 Å². The molecule has 0 spiro atoms. The second-order valence-corrected chi connectivity index (χ2v) is 5.40. The smallest absolute Gasteiger partial charge is 0.161 e. The Hall–Kier alpha value is -1.46. The van der Waals surface area contributed by atoms with Crippen LogP contribution in [0, 0.1) is 0 Å². The highest BCUT2D eigenvalue weighted by molar-refractivity contribution is 9.10. The van der Waals surface area contributed by atoms with E-state index in [4.69, 9.17) is 0 Å². The monoisotopic (exact) mass is 318 g/mol. The summed E-state index contributed by atoms with van der Waals surface area (Å²) < 4.78 is 1.06. The van der Waals surface area contributed by atoms with E-state index >= 15 is 0 Å². The Morgan fingerprint density at radius 3 is 2.53 bits per heavy atom. The lowest BCUT2D eigenvalue weighted by Gasteiger charge is -2.28. The van der Waals surface area contributed by atoms with Gasteiger partial charge in [0.2, 0.25) is 0 Å². The van der Waals surface area contributed by atoms with Gasteiger partial charge in [0.1, 0.15) is 5.82 Å². The fraction of sp³-hybridized carbons (Fsp3) is 0.286. The molecular formula is C14H15BrN4. The van der Waals surface area contributed by atoms with Crippen LogP contribution in [0.15, 0.2) is 41.0 Å². The van der Waals surface area contributed by atoms with Crippen molar-refractivity contribution >= 4 is 21.7 Å². The predicted octanol–water partition coefficient (Wildman–Crippen LogP) is 2.32.